The summed E-state index contributed by atoms with van der Waals surface area (Å²) < 4.78 is 15.2. The summed E-state index contributed by atoms with van der Waals surface area (Å²) in [5, 5.41) is 0. The number of hydrogen-bond acceptors (Lipinski definition) is 7. The van der Waals surface area contributed by atoms with Gasteiger partial charge in [-0.2, -0.15) is 0 Å². The molecule has 0 N–H and O–H groups in total. The number of nitrogens with zero attached hydrogens (tertiary/aromatic N) is 1. The minimum absolute atomic E-state index is 0.123. The van der Waals surface area contributed by atoms with Crippen molar-refractivity contribution in [3.63, 3.8) is 0 Å². The Morgan fingerprint density at radius 3 is 2.17 bits per heavy atom. The summed E-state index contributed by atoms with van der Waals surface area (Å²) in [6.45, 7) is -0.619. The highest BCUT2D eigenvalue weighted by Gasteiger charge is 2.35. The molecule has 1 aliphatic rings. The molecule has 0 atom stereocenters. The first-order valence-electron chi connectivity index (χ1n) is 8.82. The molecule has 29 heavy (non-hydrogen) atoms. The Bertz CT molecular complexity index is 948. The molecule has 0 spiro atoms. The predicted molar refractivity (Wildman–Crippen MR) is 101 cm³/mol. The molecule has 0 unspecified atom stereocenters. The number of esters is 1. The van der Waals surface area contributed by atoms with Crippen LogP contribution in [0.4, 0.5) is 0 Å². The number of fused-ring (bicyclic) bond motifs is 1. The molecule has 8 heteroatoms. The van der Waals surface area contributed by atoms with E-state index in [4.69, 9.17) is 14.2 Å². The minimum Gasteiger partial charge on any atom is -0.497 e. The summed E-state index contributed by atoms with van der Waals surface area (Å²) in [6.07, 6.45) is -0.214. The lowest BCUT2D eigenvalue weighted by Gasteiger charge is -2.13. The first kappa shape index (κ1) is 20.1. The molecule has 0 saturated carbocycles. The summed E-state index contributed by atoms with van der Waals surface area (Å²) in [6, 6.07) is 11.2. The van der Waals surface area contributed by atoms with Gasteiger partial charge in [0.1, 0.15) is 11.5 Å². The van der Waals surface area contributed by atoms with Crippen molar-refractivity contribution < 1.29 is 33.4 Å². The molecule has 150 valence electrons. The van der Waals surface area contributed by atoms with Crippen molar-refractivity contribution in [1.82, 2.24) is 4.90 Å². The fourth-order valence-corrected chi connectivity index (χ4v) is 2.97. The van der Waals surface area contributed by atoms with E-state index in [0.29, 0.717) is 22.6 Å². The zero-order valence-electron chi connectivity index (χ0n) is 16.0. The van der Waals surface area contributed by atoms with Crippen LogP contribution in [0.3, 0.4) is 0 Å². The molecule has 0 saturated heterocycles. The number of Topliss-reactive ketones (excluding diaryl/α,β-unsaturated/α-hetero) is 1. The number of ketones is 1. The van der Waals surface area contributed by atoms with Crippen molar-refractivity contribution >= 4 is 23.6 Å². The van der Waals surface area contributed by atoms with Crippen LogP contribution in [0.25, 0.3) is 0 Å². The zero-order chi connectivity index (χ0) is 21.0. The lowest BCUT2D eigenvalue weighted by molar-refractivity contribution is -0.142. The Balaban J connectivity index is 1.55. The van der Waals surface area contributed by atoms with Crippen molar-refractivity contribution in [2.24, 2.45) is 0 Å². The number of methoxy groups -OCH3 is 2. The third-order valence-corrected chi connectivity index (χ3v) is 4.49. The van der Waals surface area contributed by atoms with Crippen LogP contribution in [-0.4, -0.2) is 55.8 Å². The topological polar surface area (TPSA) is 99.2 Å². The molecule has 2 aromatic rings. The van der Waals surface area contributed by atoms with Gasteiger partial charge in [-0.1, -0.05) is 12.1 Å². The second kappa shape index (κ2) is 8.55. The molecule has 2 aromatic carbocycles. The van der Waals surface area contributed by atoms with Gasteiger partial charge in [0.25, 0.3) is 11.8 Å². The molecule has 3 rings (SSSR count). The molecule has 0 aromatic heterocycles. The van der Waals surface area contributed by atoms with E-state index in [1.54, 1.807) is 36.4 Å². The van der Waals surface area contributed by atoms with E-state index in [1.165, 1.54) is 20.3 Å². The number of ether oxygens (including phenoxy) is 3. The first-order chi connectivity index (χ1) is 14.0. The summed E-state index contributed by atoms with van der Waals surface area (Å²) in [7, 11) is 2.89. The van der Waals surface area contributed by atoms with Crippen LogP contribution in [0.15, 0.2) is 42.5 Å². The highest BCUT2D eigenvalue weighted by atomic mass is 16.5. The SMILES string of the molecule is COc1ccc(OC)c(C(=O)COC(=O)CCN2C(=O)c3ccccc3C2=O)c1. The van der Waals surface area contributed by atoms with Gasteiger partial charge in [0.05, 0.1) is 37.3 Å². The number of imide groups is 1. The van der Waals surface area contributed by atoms with Crippen molar-refractivity contribution in [1.29, 1.82) is 0 Å². The Hall–Kier alpha value is -3.68. The molecule has 1 heterocycles. The van der Waals surface area contributed by atoms with Crippen molar-refractivity contribution in [2.45, 2.75) is 6.42 Å². The summed E-state index contributed by atoms with van der Waals surface area (Å²) in [5.41, 5.74) is 0.845. The number of rotatable bonds is 8. The van der Waals surface area contributed by atoms with Crippen LogP contribution >= 0.6 is 0 Å². The summed E-state index contributed by atoms with van der Waals surface area (Å²) >= 11 is 0. The highest BCUT2D eigenvalue weighted by molar-refractivity contribution is 6.21. The van der Waals surface area contributed by atoms with Gasteiger partial charge in [-0.3, -0.25) is 24.1 Å². The zero-order valence-corrected chi connectivity index (χ0v) is 16.0. The van der Waals surface area contributed by atoms with Crippen LogP contribution in [0.5, 0.6) is 11.5 Å². The molecule has 0 bridgehead atoms. The Morgan fingerprint density at radius 1 is 0.931 bits per heavy atom. The van der Waals surface area contributed by atoms with Gasteiger partial charge in [0, 0.05) is 6.54 Å². The number of benzene rings is 2. The number of hydrogen-bond donors (Lipinski definition) is 0. The smallest absolute Gasteiger partial charge is 0.308 e. The van der Waals surface area contributed by atoms with Crippen LogP contribution in [0, 0.1) is 0 Å². The first-order valence-corrected chi connectivity index (χ1v) is 8.82. The van der Waals surface area contributed by atoms with Crippen LogP contribution in [-0.2, 0) is 9.53 Å². The fourth-order valence-electron chi connectivity index (χ4n) is 2.97. The number of amides is 2. The van der Waals surface area contributed by atoms with E-state index in [-0.39, 0.29) is 18.5 Å². The van der Waals surface area contributed by atoms with E-state index >= 15 is 0 Å². The monoisotopic (exact) mass is 397 g/mol. The normalized spacial score (nSPS) is 12.6. The van der Waals surface area contributed by atoms with Gasteiger partial charge in [0.2, 0.25) is 5.78 Å². The highest BCUT2D eigenvalue weighted by Crippen LogP contribution is 2.25. The van der Waals surface area contributed by atoms with E-state index in [1.807, 2.05) is 0 Å². The van der Waals surface area contributed by atoms with Crippen molar-refractivity contribution in [3.05, 3.63) is 59.2 Å². The second-order valence-electron chi connectivity index (χ2n) is 6.21. The third-order valence-electron chi connectivity index (χ3n) is 4.49. The average Bonchev–Trinajstić information content (AvgIpc) is 3.00. The molecule has 0 radical (unpaired) electrons. The average molecular weight is 397 g/mol. The van der Waals surface area contributed by atoms with Crippen LogP contribution < -0.4 is 9.47 Å². The molecule has 1 aliphatic heterocycles. The Kier molecular flexibility index (Phi) is 5.92. The molecular weight excluding hydrogens is 378 g/mol. The van der Waals surface area contributed by atoms with Crippen LogP contribution in [0.1, 0.15) is 37.5 Å². The molecule has 0 aliphatic carbocycles. The van der Waals surface area contributed by atoms with Crippen molar-refractivity contribution in [3.8, 4) is 11.5 Å². The summed E-state index contributed by atoms with van der Waals surface area (Å²) in [4.78, 5) is 49.9. The molecule has 8 nitrogen and oxygen atoms in total. The van der Waals surface area contributed by atoms with Gasteiger partial charge in [-0.05, 0) is 30.3 Å². The number of carbonyl (C=O) groups is 4. The molecular formula is C21H19NO7. The second-order valence-corrected chi connectivity index (χ2v) is 6.21. The van der Waals surface area contributed by atoms with Gasteiger partial charge in [-0.25, -0.2) is 0 Å². The van der Waals surface area contributed by atoms with Crippen LogP contribution in [0.2, 0.25) is 0 Å². The van der Waals surface area contributed by atoms with Crippen molar-refractivity contribution in [2.75, 3.05) is 27.4 Å². The van der Waals surface area contributed by atoms with Gasteiger partial charge in [-0.15, -0.1) is 0 Å². The maximum Gasteiger partial charge on any atom is 0.308 e. The fraction of sp³-hybridized carbons (Fsp3) is 0.238. The molecule has 0 fully saturated rings. The van der Waals surface area contributed by atoms with E-state index in [9.17, 15) is 19.2 Å². The van der Waals surface area contributed by atoms with Gasteiger partial charge >= 0.3 is 5.97 Å². The maximum absolute atomic E-state index is 12.4. The quantitative estimate of drug-likeness (QED) is 0.382. The van der Waals surface area contributed by atoms with E-state index in [0.717, 1.165) is 4.90 Å². The van der Waals surface area contributed by atoms with Gasteiger partial charge < -0.3 is 14.2 Å². The Morgan fingerprint density at radius 2 is 1.59 bits per heavy atom. The molecule has 2 amide bonds. The number of carbonyl (C=O) groups excluding carboxylic acids is 4. The largest absolute Gasteiger partial charge is 0.497 e. The van der Waals surface area contributed by atoms with E-state index in [2.05, 4.69) is 0 Å². The maximum atomic E-state index is 12.4. The predicted octanol–water partition coefficient (Wildman–Crippen LogP) is 2.12. The Labute approximate surface area is 167 Å². The van der Waals surface area contributed by atoms with Gasteiger partial charge in [0.15, 0.2) is 6.61 Å². The standard InChI is InChI=1S/C21H19NO7/c1-27-13-7-8-18(28-2)16(11-13)17(23)12-29-19(24)9-10-22-20(25)14-5-3-4-6-15(14)21(22)26/h3-8,11H,9-10,12H2,1-2H3. The third kappa shape index (κ3) is 4.11. The summed E-state index contributed by atoms with van der Waals surface area (Å²) in [5.74, 6) is -1.26. The van der Waals surface area contributed by atoms with E-state index < -0.39 is 30.2 Å². The lowest BCUT2D eigenvalue weighted by atomic mass is 10.1. The lowest BCUT2D eigenvalue weighted by Crippen LogP contribution is -2.32. The minimum atomic E-state index is -0.697.